The average Bonchev–Trinajstić information content (AvgIpc) is 3.07. The molecule has 0 radical (unpaired) electrons. The van der Waals surface area contributed by atoms with Crippen molar-refractivity contribution in [2.45, 2.75) is 25.8 Å². The van der Waals surface area contributed by atoms with Gasteiger partial charge in [0.2, 0.25) is 0 Å². The minimum Gasteiger partial charge on any atom is -0.460 e. The minimum atomic E-state index is -0.0531. The van der Waals surface area contributed by atoms with Crippen LogP contribution in [0.5, 0.6) is 0 Å². The highest BCUT2D eigenvalue weighted by Crippen LogP contribution is 2.21. The van der Waals surface area contributed by atoms with Crippen LogP contribution in [0.25, 0.3) is 11.5 Å². The first-order valence-corrected chi connectivity index (χ1v) is 6.80. The Hall–Kier alpha value is -1.79. The Morgan fingerprint density at radius 2 is 2.14 bits per heavy atom. The molecule has 0 atom stereocenters. The zero-order valence-electron chi connectivity index (χ0n) is 11.8. The van der Waals surface area contributed by atoms with Crippen LogP contribution in [0.3, 0.4) is 0 Å². The maximum Gasteiger partial charge on any atom is 0.274 e. The molecule has 1 fully saturated rings. The summed E-state index contributed by atoms with van der Waals surface area (Å²) in [5.74, 6) is 1.46. The number of nitrogens with two attached hydrogens (primary N) is 1. The van der Waals surface area contributed by atoms with E-state index in [1.165, 1.54) is 0 Å². The average molecular weight is 311 g/mol. The number of likely N-dealkylation sites (tertiary alicyclic amines) is 1. The number of amides is 1. The monoisotopic (exact) mass is 310 g/mol. The molecule has 21 heavy (non-hydrogen) atoms. The molecule has 2 aromatic rings. The maximum atomic E-state index is 12.3. The molecule has 2 aromatic heterocycles. The van der Waals surface area contributed by atoms with Crippen molar-refractivity contribution in [3.8, 4) is 11.5 Å². The summed E-state index contributed by atoms with van der Waals surface area (Å²) in [6.07, 6.45) is 1.70. The summed E-state index contributed by atoms with van der Waals surface area (Å²) >= 11 is 0. The fraction of sp³-hybridized carbons (Fsp3) is 0.429. The lowest BCUT2D eigenvalue weighted by molar-refractivity contribution is 0.0709. The van der Waals surface area contributed by atoms with Gasteiger partial charge in [-0.1, -0.05) is 0 Å². The number of nitrogens with zero attached hydrogens (tertiary/aromatic N) is 2. The molecule has 1 aliphatic heterocycles. The lowest BCUT2D eigenvalue weighted by atomic mass is 10.1. The van der Waals surface area contributed by atoms with Gasteiger partial charge in [0.25, 0.3) is 5.91 Å². The largest absolute Gasteiger partial charge is 0.460 e. The number of aromatic nitrogens is 2. The van der Waals surface area contributed by atoms with Gasteiger partial charge in [0.05, 0.1) is 0 Å². The van der Waals surface area contributed by atoms with Crippen molar-refractivity contribution >= 4 is 18.3 Å². The van der Waals surface area contributed by atoms with Crippen molar-refractivity contribution in [2.75, 3.05) is 13.1 Å². The van der Waals surface area contributed by atoms with Crippen LogP contribution < -0.4 is 5.73 Å². The fourth-order valence-electron chi connectivity index (χ4n) is 2.40. The molecule has 1 aliphatic rings. The molecule has 0 aliphatic carbocycles. The van der Waals surface area contributed by atoms with Crippen molar-refractivity contribution in [1.82, 2.24) is 15.1 Å². The van der Waals surface area contributed by atoms with Crippen LogP contribution in [-0.4, -0.2) is 40.1 Å². The van der Waals surface area contributed by atoms with Crippen molar-refractivity contribution < 1.29 is 9.21 Å². The Bertz CT molecular complexity index is 614. The Labute approximate surface area is 129 Å². The first-order valence-electron chi connectivity index (χ1n) is 6.80. The second-order valence-electron chi connectivity index (χ2n) is 5.21. The Morgan fingerprint density at radius 3 is 2.76 bits per heavy atom. The van der Waals surface area contributed by atoms with Crippen LogP contribution in [0.1, 0.15) is 29.1 Å². The summed E-state index contributed by atoms with van der Waals surface area (Å²) in [7, 11) is 0. The van der Waals surface area contributed by atoms with Crippen molar-refractivity contribution in [3.63, 3.8) is 0 Å². The molecule has 3 heterocycles. The third-order valence-electron chi connectivity index (χ3n) is 3.63. The van der Waals surface area contributed by atoms with E-state index in [1.54, 1.807) is 11.0 Å². The van der Waals surface area contributed by atoms with Crippen LogP contribution >= 0.6 is 12.4 Å². The molecule has 1 saturated heterocycles. The second kappa shape index (κ2) is 6.32. The zero-order chi connectivity index (χ0) is 14.1. The number of piperidine rings is 1. The zero-order valence-corrected chi connectivity index (χ0v) is 12.7. The number of hydrogen-bond acceptors (Lipinski definition) is 4. The van der Waals surface area contributed by atoms with Gasteiger partial charge in [0, 0.05) is 25.2 Å². The normalized spacial score (nSPS) is 15.8. The van der Waals surface area contributed by atoms with Crippen molar-refractivity contribution in [2.24, 2.45) is 5.73 Å². The Morgan fingerprint density at radius 1 is 1.43 bits per heavy atom. The molecule has 6 nitrogen and oxygen atoms in total. The van der Waals surface area contributed by atoms with E-state index in [4.69, 9.17) is 10.2 Å². The standard InChI is InChI=1S/C14H18N4O2.ClH/c1-9-2-3-13(20-9)11-8-12(17-16-11)14(19)18-6-4-10(15)5-7-18;/h2-3,8,10H,4-7,15H2,1H3,(H,16,17);1H. The van der Waals surface area contributed by atoms with Gasteiger partial charge in [-0.2, -0.15) is 5.10 Å². The van der Waals surface area contributed by atoms with Gasteiger partial charge < -0.3 is 15.1 Å². The number of aromatic amines is 1. The van der Waals surface area contributed by atoms with Gasteiger partial charge in [0.15, 0.2) is 11.5 Å². The molecule has 0 spiro atoms. The quantitative estimate of drug-likeness (QED) is 0.887. The molecule has 7 heteroatoms. The number of rotatable bonds is 2. The van der Waals surface area contributed by atoms with E-state index in [1.807, 2.05) is 19.1 Å². The summed E-state index contributed by atoms with van der Waals surface area (Å²) < 4.78 is 5.51. The number of nitrogens with one attached hydrogen (secondary N) is 1. The van der Waals surface area contributed by atoms with Gasteiger partial charge in [-0.05, 0) is 31.9 Å². The summed E-state index contributed by atoms with van der Waals surface area (Å²) in [5, 5.41) is 6.94. The second-order valence-corrected chi connectivity index (χ2v) is 5.21. The molecular formula is C14H19ClN4O2. The molecule has 3 N–H and O–H groups in total. The van der Waals surface area contributed by atoms with E-state index >= 15 is 0 Å². The van der Waals surface area contributed by atoms with Crippen LogP contribution in [0.4, 0.5) is 0 Å². The van der Waals surface area contributed by atoms with E-state index in [0.29, 0.717) is 24.5 Å². The Balaban J connectivity index is 0.00000161. The maximum absolute atomic E-state index is 12.3. The number of carbonyl (C=O) groups is 1. The third kappa shape index (κ3) is 3.28. The van der Waals surface area contributed by atoms with E-state index < -0.39 is 0 Å². The molecule has 1 amide bonds. The van der Waals surface area contributed by atoms with Crippen LogP contribution in [0.15, 0.2) is 22.6 Å². The van der Waals surface area contributed by atoms with Gasteiger partial charge in [-0.25, -0.2) is 0 Å². The smallest absolute Gasteiger partial charge is 0.274 e. The van der Waals surface area contributed by atoms with Crippen LogP contribution in [-0.2, 0) is 0 Å². The number of furan rings is 1. The third-order valence-corrected chi connectivity index (χ3v) is 3.63. The van der Waals surface area contributed by atoms with E-state index in [2.05, 4.69) is 10.2 Å². The fourth-order valence-corrected chi connectivity index (χ4v) is 2.40. The molecular weight excluding hydrogens is 292 g/mol. The predicted molar refractivity (Wildman–Crippen MR) is 81.4 cm³/mol. The van der Waals surface area contributed by atoms with Gasteiger partial charge in [-0.3, -0.25) is 9.89 Å². The Kier molecular flexibility index (Phi) is 4.69. The van der Waals surface area contributed by atoms with E-state index in [0.717, 1.165) is 24.3 Å². The lowest BCUT2D eigenvalue weighted by Gasteiger charge is -2.29. The van der Waals surface area contributed by atoms with Gasteiger partial charge in [0.1, 0.15) is 11.5 Å². The topological polar surface area (TPSA) is 88.1 Å². The number of carbonyl (C=O) groups excluding carboxylic acids is 1. The van der Waals surface area contributed by atoms with Crippen LogP contribution in [0.2, 0.25) is 0 Å². The number of halogens is 1. The molecule has 0 aromatic carbocycles. The highest BCUT2D eigenvalue weighted by Gasteiger charge is 2.23. The number of hydrogen-bond donors (Lipinski definition) is 2. The number of H-pyrrole nitrogens is 1. The first kappa shape index (κ1) is 15.6. The molecule has 114 valence electrons. The van der Waals surface area contributed by atoms with Gasteiger partial charge >= 0.3 is 0 Å². The highest BCUT2D eigenvalue weighted by atomic mass is 35.5. The van der Waals surface area contributed by atoms with E-state index in [-0.39, 0.29) is 24.4 Å². The first-order chi connectivity index (χ1) is 9.63. The summed E-state index contributed by atoms with van der Waals surface area (Å²) in [6, 6.07) is 5.68. The van der Waals surface area contributed by atoms with Crippen molar-refractivity contribution in [1.29, 1.82) is 0 Å². The van der Waals surface area contributed by atoms with Crippen molar-refractivity contribution in [3.05, 3.63) is 29.7 Å². The van der Waals surface area contributed by atoms with Gasteiger partial charge in [-0.15, -0.1) is 12.4 Å². The molecule has 3 rings (SSSR count). The summed E-state index contributed by atoms with van der Waals surface area (Å²) in [5.41, 5.74) is 6.98. The highest BCUT2D eigenvalue weighted by molar-refractivity contribution is 5.93. The summed E-state index contributed by atoms with van der Waals surface area (Å²) in [6.45, 7) is 3.27. The minimum absolute atomic E-state index is 0. The predicted octanol–water partition coefficient (Wildman–Crippen LogP) is 1.96. The molecule has 0 saturated carbocycles. The summed E-state index contributed by atoms with van der Waals surface area (Å²) in [4.78, 5) is 14.1. The molecule has 0 unspecified atom stereocenters. The number of aryl methyl sites for hydroxylation is 1. The van der Waals surface area contributed by atoms with Crippen LogP contribution in [0, 0.1) is 6.92 Å². The molecule has 0 bridgehead atoms. The lowest BCUT2D eigenvalue weighted by Crippen LogP contribution is -2.42. The SMILES string of the molecule is Cc1ccc(-c2cc(C(=O)N3CCC(N)CC3)n[nH]2)o1.Cl. The van der Waals surface area contributed by atoms with E-state index in [9.17, 15) is 4.79 Å².